The van der Waals surface area contributed by atoms with Crippen LogP contribution in [0.3, 0.4) is 0 Å². The minimum absolute atomic E-state index is 0.0521. The summed E-state index contributed by atoms with van der Waals surface area (Å²) in [4.78, 5) is 19.2. The van der Waals surface area contributed by atoms with Crippen molar-refractivity contribution in [2.45, 2.75) is 32.7 Å². The zero-order valence-electron chi connectivity index (χ0n) is 16.6. The lowest BCUT2D eigenvalue weighted by Gasteiger charge is -2.48. The molecule has 0 saturated heterocycles. The number of fused-ring (bicyclic) bond motifs is 2. The molecule has 2 aliphatic rings. The molecule has 1 aliphatic carbocycles. The minimum Gasteiger partial charge on any atom is -0.361 e. The number of carbonyl (C=O) groups excluding carboxylic acids is 1. The number of amides is 1. The Labute approximate surface area is 156 Å². The molecule has 4 rings (SSSR count). The van der Waals surface area contributed by atoms with Crippen molar-refractivity contribution < 1.29 is 9.28 Å². The lowest BCUT2D eigenvalue weighted by Crippen LogP contribution is -2.58. The van der Waals surface area contributed by atoms with Gasteiger partial charge in [-0.3, -0.25) is 9.38 Å². The molecule has 2 atom stereocenters. The minimum atomic E-state index is -0.0535. The molecule has 4 heteroatoms. The molecule has 26 heavy (non-hydrogen) atoms. The van der Waals surface area contributed by atoms with Crippen LogP contribution in [0.2, 0.25) is 0 Å². The van der Waals surface area contributed by atoms with E-state index < -0.39 is 0 Å². The maximum atomic E-state index is 13.3. The van der Waals surface area contributed by atoms with Crippen LogP contribution in [0.1, 0.15) is 31.9 Å². The number of likely N-dealkylation sites (N-methyl/N-ethyl adjacent to an activating group) is 1. The zero-order valence-corrected chi connectivity index (χ0v) is 16.6. The third kappa shape index (κ3) is 2.25. The number of H-pyrrole nitrogens is 1. The molecule has 1 amide bonds. The average Bonchev–Trinajstić information content (AvgIpc) is 3.05. The molecule has 0 fully saturated rings. The molecule has 1 aromatic heterocycles. The van der Waals surface area contributed by atoms with Crippen molar-refractivity contribution in [1.82, 2.24) is 9.88 Å². The summed E-state index contributed by atoms with van der Waals surface area (Å²) < 4.78 is 0.499. The molecule has 4 nitrogen and oxygen atoms in total. The van der Waals surface area contributed by atoms with Crippen molar-refractivity contribution in [2.24, 2.45) is 5.92 Å². The highest BCUT2D eigenvalue weighted by atomic mass is 16.2. The van der Waals surface area contributed by atoms with Gasteiger partial charge in [-0.2, -0.15) is 0 Å². The smallest absolute Gasteiger partial charge is 0.321 e. The molecule has 0 unspecified atom stereocenters. The highest BCUT2D eigenvalue weighted by Crippen LogP contribution is 2.47. The monoisotopic (exact) mass is 352 g/mol. The van der Waals surface area contributed by atoms with Crippen molar-refractivity contribution in [3.05, 3.63) is 41.6 Å². The Morgan fingerprint density at radius 1 is 1.35 bits per heavy atom. The Balaban J connectivity index is 1.87. The van der Waals surface area contributed by atoms with Gasteiger partial charge in [0.15, 0.2) is 0 Å². The van der Waals surface area contributed by atoms with Gasteiger partial charge in [0, 0.05) is 29.2 Å². The molecule has 2 heterocycles. The lowest BCUT2D eigenvalue weighted by atomic mass is 9.71. The second-order valence-electron chi connectivity index (χ2n) is 8.43. The standard InChI is InChI=1S/C22H30N3O/c1-6-25(5,7-2)21(26)15-11-18-17-9-8-10-19-20(17)16(13-23-19)12-22(18,3)24(4)14-15/h8-11,13,15,23H,6-7,12,14H2,1-5H3/q+1/t15-,22-/m1/s1. The first-order valence-corrected chi connectivity index (χ1v) is 9.76. The molecule has 1 aromatic carbocycles. The zero-order chi connectivity index (χ0) is 18.7. The summed E-state index contributed by atoms with van der Waals surface area (Å²) in [7, 11) is 4.24. The number of nitrogens with one attached hydrogen (secondary N) is 1. The summed E-state index contributed by atoms with van der Waals surface area (Å²) in [5, 5.41) is 1.33. The summed E-state index contributed by atoms with van der Waals surface area (Å²) in [6, 6.07) is 6.48. The van der Waals surface area contributed by atoms with Crippen LogP contribution >= 0.6 is 0 Å². The predicted molar refractivity (Wildman–Crippen MR) is 107 cm³/mol. The van der Waals surface area contributed by atoms with Crippen molar-refractivity contribution in [1.29, 1.82) is 0 Å². The SMILES string of the molecule is CC[N+](C)(CC)C(=O)[C@@H]1C=C2c3cccc4[nH]cc(c34)C[C@@]2(C)N(C)C1. The highest BCUT2D eigenvalue weighted by molar-refractivity contribution is 6.00. The largest absolute Gasteiger partial charge is 0.361 e. The van der Waals surface area contributed by atoms with E-state index in [1.807, 2.05) is 0 Å². The van der Waals surface area contributed by atoms with Gasteiger partial charge >= 0.3 is 5.91 Å². The number of quaternary nitrogens is 1. The van der Waals surface area contributed by atoms with Crippen LogP contribution in [0.15, 0.2) is 30.5 Å². The fraction of sp³-hybridized carbons (Fsp3) is 0.500. The number of carbonyl (C=O) groups is 1. The van der Waals surface area contributed by atoms with Crippen molar-refractivity contribution >= 4 is 22.4 Å². The van der Waals surface area contributed by atoms with Crippen LogP contribution in [0.5, 0.6) is 0 Å². The molecular formula is C22H30N3O+. The second-order valence-corrected chi connectivity index (χ2v) is 8.43. The van der Waals surface area contributed by atoms with E-state index in [-0.39, 0.29) is 11.5 Å². The van der Waals surface area contributed by atoms with Crippen LogP contribution in [-0.2, 0) is 11.2 Å². The van der Waals surface area contributed by atoms with Gasteiger partial charge in [-0.1, -0.05) is 18.2 Å². The lowest BCUT2D eigenvalue weighted by molar-refractivity contribution is -0.832. The van der Waals surface area contributed by atoms with Gasteiger partial charge in [0.2, 0.25) is 0 Å². The van der Waals surface area contributed by atoms with Crippen molar-refractivity contribution in [2.75, 3.05) is 33.7 Å². The van der Waals surface area contributed by atoms with E-state index in [0.29, 0.717) is 10.4 Å². The maximum Gasteiger partial charge on any atom is 0.321 e. The first-order valence-electron chi connectivity index (χ1n) is 9.76. The molecule has 0 bridgehead atoms. The molecule has 2 aromatic rings. The third-order valence-electron chi connectivity index (χ3n) is 7.12. The van der Waals surface area contributed by atoms with Gasteiger partial charge in [-0.15, -0.1) is 0 Å². The van der Waals surface area contributed by atoms with Gasteiger partial charge in [0.05, 0.1) is 20.1 Å². The number of hydrogen-bond acceptors (Lipinski definition) is 2. The van der Waals surface area contributed by atoms with E-state index in [0.717, 1.165) is 26.1 Å². The van der Waals surface area contributed by atoms with Gasteiger partial charge in [0.25, 0.3) is 0 Å². The number of nitrogens with zero attached hydrogens (tertiary/aromatic N) is 2. The Morgan fingerprint density at radius 2 is 2.08 bits per heavy atom. The Kier molecular flexibility index (Phi) is 3.90. The molecule has 0 saturated carbocycles. The molecular weight excluding hydrogens is 322 g/mol. The molecule has 0 radical (unpaired) electrons. The van der Waals surface area contributed by atoms with E-state index in [2.05, 4.69) is 75.2 Å². The van der Waals surface area contributed by atoms with Crippen LogP contribution in [0.25, 0.3) is 16.5 Å². The van der Waals surface area contributed by atoms with E-state index in [4.69, 9.17) is 0 Å². The Morgan fingerprint density at radius 3 is 2.77 bits per heavy atom. The van der Waals surface area contributed by atoms with Gasteiger partial charge in [-0.25, -0.2) is 4.79 Å². The van der Waals surface area contributed by atoms with Gasteiger partial charge in [-0.05, 0) is 57.0 Å². The average molecular weight is 353 g/mol. The van der Waals surface area contributed by atoms with Crippen LogP contribution in [0, 0.1) is 5.92 Å². The Hall–Kier alpha value is -1.91. The number of rotatable bonds is 3. The third-order valence-corrected chi connectivity index (χ3v) is 7.12. The van der Waals surface area contributed by atoms with Crippen LogP contribution < -0.4 is 0 Å². The topological polar surface area (TPSA) is 36.1 Å². The first kappa shape index (κ1) is 17.5. The van der Waals surface area contributed by atoms with Gasteiger partial charge in [0.1, 0.15) is 5.92 Å². The fourth-order valence-corrected chi connectivity index (χ4v) is 4.82. The fourth-order valence-electron chi connectivity index (χ4n) is 4.82. The second kappa shape index (κ2) is 5.80. The quantitative estimate of drug-likeness (QED) is 0.859. The van der Waals surface area contributed by atoms with Gasteiger partial charge < -0.3 is 4.98 Å². The first-order chi connectivity index (χ1) is 12.3. The molecule has 1 N–H and O–H groups in total. The van der Waals surface area contributed by atoms with E-state index in [9.17, 15) is 4.79 Å². The Bertz CT molecular complexity index is 905. The van der Waals surface area contributed by atoms with E-state index in [1.165, 1.54) is 27.6 Å². The van der Waals surface area contributed by atoms with E-state index >= 15 is 0 Å². The maximum absolute atomic E-state index is 13.3. The summed E-state index contributed by atoms with van der Waals surface area (Å²) >= 11 is 0. The summed E-state index contributed by atoms with van der Waals surface area (Å²) in [6.45, 7) is 9.02. The molecule has 138 valence electrons. The van der Waals surface area contributed by atoms with Crippen molar-refractivity contribution in [3.8, 4) is 0 Å². The van der Waals surface area contributed by atoms with Crippen LogP contribution in [-0.4, -0.2) is 59.5 Å². The molecule has 1 aliphatic heterocycles. The normalized spacial score (nSPS) is 25.9. The van der Waals surface area contributed by atoms with Crippen LogP contribution in [0.4, 0.5) is 0 Å². The summed E-state index contributed by atoms with van der Waals surface area (Å²) in [6.07, 6.45) is 5.43. The number of aromatic nitrogens is 1. The number of hydrogen-bond donors (Lipinski definition) is 1. The number of aromatic amines is 1. The van der Waals surface area contributed by atoms with E-state index in [1.54, 1.807) is 0 Å². The summed E-state index contributed by atoms with van der Waals surface area (Å²) in [5.41, 5.74) is 5.14. The number of benzene rings is 1. The predicted octanol–water partition coefficient (Wildman–Crippen LogP) is 3.44. The highest BCUT2D eigenvalue weighted by Gasteiger charge is 2.46. The van der Waals surface area contributed by atoms with Crippen molar-refractivity contribution in [3.63, 3.8) is 0 Å². The summed E-state index contributed by atoms with van der Waals surface area (Å²) in [5.74, 6) is 0.284. The molecule has 0 spiro atoms.